The van der Waals surface area contributed by atoms with Crippen molar-refractivity contribution in [2.75, 3.05) is 7.11 Å². The number of methoxy groups -OCH3 is 1. The monoisotopic (exact) mass is 470 g/mol. The van der Waals surface area contributed by atoms with E-state index in [-0.39, 0.29) is 17.9 Å². The summed E-state index contributed by atoms with van der Waals surface area (Å²) in [6, 6.07) is 11.0. The number of nitrogens with zero attached hydrogens (tertiary/aromatic N) is 1. The Morgan fingerprint density at radius 1 is 1.28 bits per heavy atom. The molecule has 25 heavy (non-hydrogen) atoms. The normalized spacial score (nSPS) is 11.2. The first-order valence-electron chi connectivity index (χ1n) is 7.24. The summed E-state index contributed by atoms with van der Waals surface area (Å²) in [7, 11) is 1.47. The highest BCUT2D eigenvalue weighted by Gasteiger charge is 2.20. The van der Waals surface area contributed by atoms with Gasteiger partial charge < -0.3 is 20.4 Å². The molecule has 2 aromatic rings. The van der Waals surface area contributed by atoms with Crippen LogP contribution in [0.15, 0.2) is 50.5 Å². The molecule has 0 atom stereocenters. The highest BCUT2D eigenvalue weighted by molar-refractivity contribution is 9.11. The molecule has 0 fully saturated rings. The van der Waals surface area contributed by atoms with E-state index in [2.05, 4.69) is 42.3 Å². The molecule has 132 valence electrons. The lowest BCUT2D eigenvalue weighted by molar-refractivity contribution is -0.115. The van der Waals surface area contributed by atoms with Gasteiger partial charge in [-0.25, -0.2) is 0 Å². The smallest absolute Gasteiger partial charge is 0.269 e. The summed E-state index contributed by atoms with van der Waals surface area (Å²) < 4.78 is 6.11. The molecule has 1 amide bonds. The first-order valence-corrected chi connectivity index (χ1v) is 8.83. The van der Waals surface area contributed by atoms with Gasteiger partial charge in [0.2, 0.25) is 0 Å². The van der Waals surface area contributed by atoms with Gasteiger partial charge in [0, 0.05) is 18.5 Å². The van der Waals surface area contributed by atoms with Gasteiger partial charge in [0.25, 0.3) is 5.91 Å². The van der Waals surface area contributed by atoms with E-state index < -0.39 is 5.91 Å². The molecule has 6 nitrogen and oxygen atoms in total. The van der Waals surface area contributed by atoms with Crippen molar-refractivity contribution in [1.82, 2.24) is 5.32 Å². The third kappa shape index (κ3) is 4.73. The molecular formula is C17H16Br2N2O4. The summed E-state index contributed by atoms with van der Waals surface area (Å²) >= 11 is 6.58. The van der Waals surface area contributed by atoms with Crippen LogP contribution in [0.4, 0.5) is 0 Å². The van der Waals surface area contributed by atoms with Crippen molar-refractivity contribution in [3.63, 3.8) is 0 Å². The zero-order chi connectivity index (χ0) is 18.4. The van der Waals surface area contributed by atoms with Gasteiger partial charge in [-0.15, -0.1) is 0 Å². The molecule has 0 saturated heterocycles. The molecule has 0 aliphatic rings. The van der Waals surface area contributed by atoms with Crippen molar-refractivity contribution in [2.45, 2.75) is 13.0 Å². The van der Waals surface area contributed by atoms with Gasteiger partial charge in [0.05, 0.1) is 11.6 Å². The van der Waals surface area contributed by atoms with E-state index in [9.17, 15) is 15.1 Å². The van der Waals surface area contributed by atoms with Crippen LogP contribution in [0.5, 0.6) is 11.5 Å². The van der Waals surface area contributed by atoms with Crippen LogP contribution < -0.4 is 10.1 Å². The summed E-state index contributed by atoms with van der Waals surface area (Å²) in [4.78, 5) is 12.2. The Morgan fingerprint density at radius 3 is 2.56 bits per heavy atom. The summed E-state index contributed by atoms with van der Waals surface area (Å²) in [6.45, 7) is 0.306. The molecule has 0 aliphatic carbocycles. The maximum absolute atomic E-state index is 12.2. The molecule has 2 aromatic carbocycles. The third-order valence-corrected chi connectivity index (χ3v) is 4.79. The van der Waals surface area contributed by atoms with Crippen LogP contribution in [0.1, 0.15) is 11.1 Å². The number of rotatable bonds is 6. The number of phenolic OH excluding ortho intramolecular Hbond substituents is 1. The average Bonchev–Trinajstić information content (AvgIpc) is 2.62. The van der Waals surface area contributed by atoms with Crippen LogP contribution in [0.3, 0.4) is 0 Å². The van der Waals surface area contributed by atoms with Crippen LogP contribution in [0, 0.1) is 0 Å². The van der Waals surface area contributed by atoms with Gasteiger partial charge in [0.15, 0.2) is 5.75 Å². The Hall–Kier alpha value is -2.06. The second-order valence-corrected chi connectivity index (χ2v) is 6.75. The van der Waals surface area contributed by atoms with E-state index in [0.29, 0.717) is 26.8 Å². The zero-order valence-corrected chi connectivity index (χ0v) is 16.5. The molecule has 0 unspecified atom stereocenters. The lowest BCUT2D eigenvalue weighted by Gasteiger charge is -2.13. The lowest BCUT2D eigenvalue weighted by atomic mass is 10.1. The maximum Gasteiger partial charge on any atom is 0.269 e. The number of halogens is 2. The van der Waals surface area contributed by atoms with Gasteiger partial charge in [-0.1, -0.05) is 35.5 Å². The van der Waals surface area contributed by atoms with Crippen LogP contribution >= 0.6 is 31.9 Å². The second-order valence-electron chi connectivity index (χ2n) is 5.11. The average molecular weight is 472 g/mol. The molecule has 0 saturated carbocycles. The minimum atomic E-state index is -0.520. The SMILES string of the molecule is COc1c(Br)cc(C/C(=N\O)C(=O)NCc2ccccc2)c(O)c1Br. The molecule has 2 rings (SSSR count). The van der Waals surface area contributed by atoms with Crippen molar-refractivity contribution in [1.29, 1.82) is 0 Å². The van der Waals surface area contributed by atoms with Crippen LogP contribution in [-0.2, 0) is 17.8 Å². The van der Waals surface area contributed by atoms with E-state index >= 15 is 0 Å². The van der Waals surface area contributed by atoms with Crippen molar-refractivity contribution in [3.8, 4) is 11.5 Å². The Bertz CT molecular complexity index is 795. The van der Waals surface area contributed by atoms with Gasteiger partial charge in [-0.05, 0) is 43.5 Å². The number of aromatic hydroxyl groups is 1. The maximum atomic E-state index is 12.2. The molecule has 8 heteroatoms. The molecule has 0 spiro atoms. The largest absolute Gasteiger partial charge is 0.506 e. The number of hydrogen-bond acceptors (Lipinski definition) is 5. The molecule has 0 heterocycles. The predicted molar refractivity (Wildman–Crippen MR) is 101 cm³/mol. The second kappa shape index (κ2) is 8.87. The van der Waals surface area contributed by atoms with Crippen molar-refractivity contribution < 1.29 is 19.8 Å². The Balaban J connectivity index is 2.13. The fourth-order valence-corrected chi connectivity index (χ4v) is 3.72. The fraction of sp³-hybridized carbons (Fsp3) is 0.176. The number of oxime groups is 1. The number of amides is 1. The van der Waals surface area contributed by atoms with Gasteiger partial charge >= 0.3 is 0 Å². The summed E-state index contributed by atoms with van der Waals surface area (Å²) in [5, 5.41) is 25.2. The third-order valence-electron chi connectivity index (χ3n) is 3.47. The van der Waals surface area contributed by atoms with Crippen molar-refractivity contribution in [3.05, 3.63) is 56.5 Å². The number of hydrogen-bond donors (Lipinski definition) is 3. The topological polar surface area (TPSA) is 91.2 Å². The van der Waals surface area contributed by atoms with E-state index in [1.807, 2.05) is 30.3 Å². The van der Waals surface area contributed by atoms with E-state index in [4.69, 9.17) is 4.74 Å². The van der Waals surface area contributed by atoms with E-state index in [1.165, 1.54) is 7.11 Å². The Morgan fingerprint density at radius 2 is 1.96 bits per heavy atom. The molecule has 0 bridgehead atoms. The summed E-state index contributed by atoms with van der Waals surface area (Å²) in [5.74, 6) is -0.178. The number of carbonyl (C=O) groups excluding carboxylic acids is 1. The summed E-state index contributed by atoms with van der Waals surface area (Å²) in [6.07, 6.45) is -0.0514. The zero-order valence-electron chi connectivity index (χ0n) is 13.3. The van der Waals surface area contributed by atoms with Gasteiger partial charge in [-0.3, -0.25) is 4.79 Å². The van der Waals surface area contributed by atoms with Crippen molar-refractivity contribution >= 4 is 43.5 Å². The number of carbonyl (C=O) groups is 1. The fourth-order valence-electron chi connectivity index (χ4n) is 2.18. The highest BCUT2D eigenvalue weighted by atomic mass is 79.9. The number of nitrogens with one attached hydrogen (secondary N) is 1. The number of benzene rings is 2. The minimum Gasteiger partial charge on any atom is -0.506 e. The van der Waals surface area contributed by atoms with E-state index in [0.717, 1.165) is 5.56 Å². The van der Waals surface area contributed by atoms with E-state index in [1.54, 1.807) is 6.07 Å². The van der Waals surface area contributed by atoms with Crippen molar-refractivity contribution in [2.24, 2.45) is 5.16 Å². The van der Waals surface area contributed by atoms with Crippen LogP contribution in [0.2, 0.25) is 0 Å². The van der Waals surface area contributed by atoms with Gasteiger partial charge in [-0.2, -0.15) is 0 Å². The summed E-state index contributed by atoms with van der Waals surface area (Å²) in [5.41, 5.74) is 1.21. The minimum absolute atomic E-state index is 0.0514. The Kier molecular flexibility index (Phi) is 6.83. The van der Waals surface area contributed by atoms with Crippen LogP contribution in [0.25, 0.3) is 0 Å². The molecule has 3 N–H and O–H groups in total. The quantitative estimate of drug-likeness (QED) is 0.341. The first kappa shape index (κ1) is 19.3. The number of ether oxygens (including phenoxy) is 1. The molecular weight excluding hydrogens is 456 g/mol. The van der Waals surface area contributed by atoms with Gasteiger partial charge in [0.1, 0.15) is 15.9 Å². The molecule has 0 aromatic heterocycles. The highest BCUT2D eigenvalue weighted by Crippen LogP contribution is 2.42. The predicted octanol–water partition coefficient (Wildman–Crippen LogP) is 3.61. The molecule has 0 radical (unpaired) electrons. The Labute approximate surface area is 161 Å². The lowest BCUT2D eigenvalue weighted by Crippen LogP contribution is -2.32. The first-order chi connectivity index (χ1) is 12.0. The number of phenols is 1. The van der Waals surface area contributed by atoms with Crippen LogP contribution in [-0.4, -0.2) is 29.0 Å². The standard InChI is InChI=1S/C17H16Br2N2O4/c1-25-16-12(18)7-11(15(22)14(16)19)8-13(21-24)17(23)20-9-10-5-3-2-4-6-10/h2-7,22,24H,8-9H2,1H3,(H,20,23)/b21-13+. The molecule has 0 aliphatic heterocycles.